The molecule has 5 rings (SSSR count). The summed E-state index contributed by atoms with van der Waals surface area (Å²) in [6, 6.07) is 14.7. The lowest BCUT2D eigenvalue weighted by atomic mass is 9.75. The number of benzene rings is 2. The summed E-state index contributed by atoms with van der Waals surface area (Å²) in [4.78, 5) is 34.4. The number of H-pyrrole nitrogens is 1. The average molecular weight is 456 g/mol. The molecular formula is C26H29N7O. The first kappa shape index (κ1) is 22.0. The Balaban J connectivity index is 1.67. The number of fused-ring (bicyclic) bond motifs is 3. The number of carbonyl (C=O) groups is 1. The number of nitrogens with zero attached hydrogens (tertiary/aromatic N) is 5. The highest BCUT2D eigenvalue weighted by atomic mass is 16.2. The first-order chi connectivity index (χ1) is 16.4. The van der Waals surface area contributed by atoms with Crippen molar-refractivity contribution in [3.8, 4) is 0 Å². The summed E-state index contributed by atoms with van der Waals surface area (Å²) in [6.07, 6.45) is 3.41. The van der Waals surface area contributed by atoms with Crippen LogP contribution in [0.4, 0.5) is 11.5 Å². The molecule has 2 aromatic carbocycles. The average Bonchev–Trinajstić information content (AvgIpc) is 3.35. The zero-order valence-electron chi connectivity index (χ0n) is 20.0. The van der Waals surface area contributed by atoms with Crippen molar-refractivity contribution in [3.05, 3.63) is 76.7 Å². The van der Waals surface area contributed by atoms with Gasteiger partial charge in [0.2, 0.25) is 5.91 Å². The molecule has 1 unspecified atom stereocenters. The molecule has 0 bridgehead atoms. The van der Waals surface area contributed by atoms with Gasteiger partial charge in [0, 0.05) is 32.7 Å². The van der Waals surface area contributed by atoms with E-state index in [2.05, 4.69) is 74.6 Å². The SMILES string of the molecule is CNCc1ccc(C23CC(=O)N(Cc4ccc(C)cc4)C2=NC=Nc2nc[nH]c23)cc1N(C)C. The predicted molar refractivity (Wildman–Crippen MR) is 135 cm³/mol. The van der Waals surface area contributed by atoms with Crippen LogP contribution < -0.4 is 10.2 Å². The maximum absolute atomic E-state index is 13.6. The van der Waals surface area contributed by atoms with E-state index in [1.165, 1.54) is 17.5 Å². The quantitative estimate of drug-likeness (QED) is 0.597. The molecule has 1 amide bonds. The number of aromatic nitrogens is 2. The maximum Gasteiger partial charge on any atom is 0.230 e. The molecule has 0 aliphatic carbocycles. The van der Waals surface area contributed by atoms with Crippen molar-refractivity contribution in [2.75, 3.05) is 26.0 Å². The van der Waals surface area contributed by atoms with Gasteiger partial charge in [0.1, 0.15) is 17.6 Å². The standard InChI is InChI=1S/C26H29N7O/c1-17-5-7-18(8-6-17)14-33-22(34)12-26(23-24(29-15-28-23)30-16-31-25(26)33)20-10-9-19(13-27-2)21(11-20)32(3)4/h5-11,15-16,27H,12-14H2,1-4H3,(H,28,29). The van der Waals surface area contributed by atoms with Crippen LogP contribution in [0, 0.1) is 6.92 Å². The number of amidine groups is 1. The van der Waals surface area contributed by atoms with Crippen LogP contribution >= 0.6 is 0 Å². The summed E-state index contributed by atoms with van der Waals surface area (Å²) in [6.45, 7) is 3.26. The van der Waals surface area contributed by atoms with Crippen LogP contribution in [0.5, 0.6) is 0 Å². The number of anilines is 1. The lowest BCUT2D eigenvalue weighted by Crippen LogP contribution is -2.39. The van der Waals surface area contributed by atoms with Crippen LogP contribution in [0.3, 0.4) is 0 Å². The number of rotatable bonds is 6. The highest BCUT2D eigenvalue weighted by Crippen LogP contribution is 2.47. The van der Waals surface area contributed by atoms with Crippen LogP contribution in [-0.2, 0) is 23.3 Å². The van der Waals surface area contributed by atoms with Crippen LogP contribution in [0.2, 0.25) is 0 Å². The molecule has 1 aromatic heterocycles. The van der Waals surface area contributed by atoms with Gasteiger partial charge in [0.25, 0.3) is 0 Å². The smallest absolute Gasteiger partial charge is 0.230 e. The van der Waals surface area contributed by atoms with Gasteiger partial charge in [-0.15, -0.1) is 0 Å². The molecule has 0 radical (unpaired) electrons. The molecule has 2 N–H and O–H groups in total. The molecule has 2 aliphatic heterocycles. The van der Waals surface area contributed by atoms with Crippen molar-refractivity contribution in [1.29, 1.82) is 0 Å². The number of amides is 1. The Morgan fingerprint density at radius 3 is 2.71 bits per heavy atom. The maximum atomic E-state index is 13.6. The normalized spacial score (nSPS) is 19.0. The second-order valence-electron chi connectivity index (χ2n) is 9.11. The largest absolute Gasteiger partial charge is 0.377 e. The Hall–Kier alpha value is -3.78. The van der Waals surface area contributed by atoms with E-state index in [1.54, 1.807) is 11.2 Å². The number of hydrogen-bond donors (Lipinski definition) is 2. The van der Waals surface area contributed by atoms with Crippen molar-refractivity contribution < 1.29 is 4.79 Å². The van der Waals surface area contributed by atoms with E-state index in [1.807, 2.05) is 21.1 Å². The number of aliphatic imine (C=N–C) groups is 2. The molecule has 2 aliphatic rings. The van der Waals surface area contributed by atoms with Gasteiger partial charge in [0.15, 0.2) is 5.82 Å². The third-order valence-electron chi connectivity index (χ3n) is 6.65. The molecule has 1 fully saturated rings. The van der Waals surface area contributed by atoms with Crippen LogP contribution in [0.1, 0.15) is 34.4 Å². The van der Waals surface area contributed by atoms with Gasteiger partial charge in [-0.05, 0) is 36.7 Å². The van der Waals surface area contributed by atoms with E-state index in [4.69, 9.17) is 4.99 Å². The molecule has 1 saturated heterocycles. The Labute approximate surface area is 199 Å². The van der Waals surface area contributed by atoms with Gasteiger partial charge in [-0.2, -0.15) is 0 Å². The third kappa shape index (κ3) is 3.51. The molecule has 0 spiro atoms. The molecule has 8 nitrogen and oxygen atoms in total. The minimum atomic E-state index is -0.799. The molecule has 3 heterocycles. The number of aryl methyl sites for hydroxylation is 1. The van der Waals surface area contributed by atoms with Gasteiger partial charge in [0.05, 0.1) is 18.6 Å². The summed E-state index contributed by atoms with van der Waals surface area (Å²) < 4.78 is 0. The first-order valence-electron chi connectivity index (χ1n) is 11.4. The summed E-state index contributed by atoms with van der Waals surface area (Å²) in [5.74, 6) is 1.27. The summed E-state index contributed by atoms with van der Waals surface area (Å²) in [5.41, 5.74) is 5.51. The minimum Gasteiger partial charge on any atom is -0.377 e. The fraction of sp³-hybridized carbons (Fsp3) is 0.308. The monoisotopic (exact) mass is 455 g/mol. The Bertz CT molecular complexity index is 1290. The first-order valence-corrected chi connectivity index (χ1v) is 11.4. The van der Waals surface area contributed by atoms with E-state index in [0.29, 0.717) is 18.2 Å². The Morgan fingerprint density at radius 2 is 1.97 bits per heavy atom. The third-order valence-corrected chi connectivity index (χ3v) is 6.65. The second kappa shape index (κ2) is 8.53. The number of carbonyl (C=O) groups excluding carboxylic acids is 1. The number of aromatic amines is 1. The summed E-state index contributed by atoms with van der Waals surface area (Å²) >= 11 is 0. The molecule has 174 valence electrons. The molecule has 8 heteroatoms. The number of hydrogen-bond acceptors (Lipinski definition) is 6. The Morgan fingerprint density at radius 1 is 1.18 bits per heavy atom. The lowest BCUT2D eigenvalue weighted by molar-refractivity contribution is -0.126. The van der Waals surface area contributed by atoms with E-state index in [-0.39, 0.29) is 12.3 Å². The van der Waals surface area contributed by atoms with Crippen LogP contribution in [0.25, 0.3) is 0 Å². The van der Waals surface area contributed by atoms with Gasteiger partial charge in [-0.1, -0.05) is 42.0 Å². The van der Waals surface area contributed by atoms with E-state index < -0.39 is 5.41 Å². The van der Waals surface area contributed by atoms with E-state index >= 15 is 0 Å². The van der Waals surface area contributed by atoms with E-state index in [0.717, 1.165) is 29.1 Å². The van der Waals surface area contributed by atoms with Crippen molar-refractivity contribution >= 4 is 29.6 Å². The zero-order valence-corrected chi connectivity index (χ0v) is 20.0. The van der Waals surface area contributed by atoms with Gasteiger partial charge in [-0.3, -0.25) is 9.69 Å². The van der Waals surface area contributed by atoms with Crippen molar-refractivity contribution in [2.24, 2.45) is 9.98 Å². The number of likely N-dealkylation sites (tertiary alicyclic amines) is 1. The minimum absolute atomic E-state index is 0.0286. The lowest BCUT2D eigenvalue weighted by Gasteiger charge is -2.31. The highest BCUT2D eigenvalue weighted by molar-refractivity contribution is 6.16. The van der Waals surface area contributed by atoms with Crippen molar-refractivity contribution in [1.82, 2.24) is 20.2 Å². The predicted octanol–water partition coefficient (Wildman–Crippen LogP) is 3.29. The second-order valence-corrected chi connectivity index (χ2v) is 9.11. The number of imidazole rings is 1. The molecule has 0 saturated carbocycles. The highest BCUT2D eigenvalue weighted by Gasteiger charge is 2.54. The topological polar surface area (TPSA) is 89.0 Å². The molecule has 34 heavy (non-hydrogen) atoms. The van der Waals surface area contributed by atoms with Crippen LogP contribution in [0.15, 0.2) is 58.8 Å². The fourth-order valence-electron chi connectivity index (χ4n) is 4.97. The summed E-state index contributed by atoms with van der Waals surface area (Å²) in [7, 11) is 6.01. The van der Waals surface area contributed by atoms with Gasteiger partial charge < -0.3 is 15.2 Å². The summed E-state index contributed by atoms with van der Waals surface area (Å²) in [5, 5.41) is 3.24. The van der Waals surface area contributed by atoms with Crippen molar-refractivity contribution in [3.63, 3.8) is 0 Å². The molecule has 1 atom stereocenters. The number of nitrogens with one attached hydrogen (secondary N) is 2. The van der Waals surface area contributed by atoms with Gasteiger partial charge in [-0.25, -0.2) is 15.0 Å². The van der Waals surface area contributed by atoms with Gasteiger partial charge >= 0.3 is 0 Å². The Kier molecular flexibility index (Phi) is 5.53. The molecular weight excluding hydrogens is 426 g/mol. The zero-order chi connectivity index (χ0) is 23.9. The molecule has 3 aromatic rings. The fourth-order valence-corrected chi connectivity index (χ4v) is 4.97. The van der Waals surface area contributed by atoms with Crippen LogP contribution in [-0.4, -0.2) is 54.1 Å². The van der Waals surface area contributed by atoms with E-state index in [9.17, 15) is 4.79 Å². The van der Waals surface area contributed by atoms with Crippen molar-refractivity contribution in [2.45, 2.75) is 31.8 Å².